The van der Waals surface area contributed by atoms with Crippen LogP contribution in [0.1, 0.15) is 55.3 Å². The van der Waals surface area contributed by atoms with Crippen LogP contribution >= 0.6 is 0 Å². The minimum absolute atomic E-state index is 0.115. The standard InChI is InChI=1S/C25H28N6O2/c1-16-6-8-27-24(29-16)30-20-2-4-21(5-3-20)33-22-10-18(25-7-9-32-15-19(25)11-25)14-31-23(22)17(12-26)13-28-31/h6,8,10,13-14,19-21H,2-5,7,9,11,15H2,1H3,(H,27,29,30). The second-order valence-electron chi connectivity index (χ2n) is 9.70. The highest BCUT2D eigenvalue weighted by Crippen LogP contribution is 2.59. The first-order chi connectivity index (χ1) is 16.1. The van der Waals surface area contributed by atoms with Crippen LogP contribution in [0.4, 0.5) is 5.95 Å². The summed E-state index contributed by atoms with van der Waals surface area (Å²) >= 11 is 0. The van der Waals surface area contributed by atoms with Gasteiger partial charge in [-0.1, -0.05) is 0 Å². The molecule has 170 valence electrons. The fourth-order valence-electron chi connectivity index (χ4n) is 5.62. The summed E-state index contributed by atoms with van der Waals surface area (Å²) in [4.78, 5) is 8.79. The summed E-state index contributed by atoms with van der Waals surface area (Å²) in [6, 6.07) is 6.70. The third-order valence-corrected chi connectivity index (χ3v) is 7.61. The van der Waals surface area contributed by atoms with Crippen molar-refractivity contribution in [2.45, 2.75) is 63.0 Å². The first kappa shape index (κ1) is 20.4. The summed E-state index contributed by atoms with van der Waals surface area (Å²) in [6.07, 6.45) is 11.7. The van der Waals surface area contributed by atoms with E-state index in [-0.39, 0.29) is 11.5 Å². The number of pyridine rings is 1. The van der Waals surface area contributed by atoms with E-state index in [1.165, 1.54) is 5.56 Å². The summed E-state index contributed by atoms with van der Waals surface area (Å²) in [5.41, 5.74) is 3.73. The van der Waals surface area contributed by atoms with Gasteiger partial charge < -0.3 is 14.8 Å². The van der Waals surface area contributed by atoms with Gasteiger partial charge in [-0.15, -0.1) is 0 Å². The molecule has 3 aromatic rings. The summed E-state index contributed by atoms with van der Waals surface area (Å²) in [5.74, 6) is 2.06. The van der Waals surface area contributed by atoms with E-state index in [0.717, 1.165) is 68.7 Å². The van der Waals surface area contributed by atoms with Crippen LogP contribution in [0.15, 0.2) is 30.7 Å². The van der Waals surface area contributed by atoms with Crippen LogP contribution in [0.25, 0.3) is 5.52 Å². The molecule has 3 aromatic heterocycles. The molecule has 0 amide bonds. The monoisotopic (exact) mass is 444 g/mol. The summed E-state index contributed by atoms with van der Waals surface area (Å²) < 4.78 is 14.1. The molecule has 2 saturated carbocycles. The Labute approximate surface area is 192 Å². The number of nitriles is 1. The largest absolute Gasteiger partial charge is 0.488 e. The van der Waals surface area contributed by atoms with Crippen molar-refractivity contribution in [1.82, 2.24) is 19.6 Å². The maximum Gasteiger partial charge on any atom is 0.223 e. The van der Waals surface area contributed by atoms with Crippen molar-refractivity contribution in [1.29, 1.82) is 5.26 Å². The molecule has 0 bridgehead atoms. The number of aryl methyl sites for hydroxylation is 1. The molecule has 2 unspecified atom stereocenters. The van der Waals surface area contributed by atoms with Crippen LogP contribution in [-0.4, -0.2) is 44.9 Å². The number of nitrogens with zero attached hydrogens (tertiary/aromatic N) is 5. The van der Waals surface area contributed by atoms with Crippen molar-refractivity contribution in [3.05, 3.63) is 47.5 Å². The van der Waals surface area contributed by atoms with Crippen molar-refractivity contribution in [2.24, 2.45) is 5.92 Å². The molecule has 1 N–H and O–H groups in total. The van der Waals surface area contributed by atoms with Gasteiger partial charge in [0.2, 0.25) is 5.95 Å². The van der Waals surface area contributed by atoms with E-state index in [1.807, 2.05) is 17.5 Å². The van der Waals surface area contributed by atoms with E-state index in [2.05, 4.69) is 38.7 Å². The Morgan fingerprint density at radius 1 is 1.30 bits per heavy atom. The number of rotatable bonds is 5. The first-order valence-electron chi connectivity index (χ1n) is 11.9. The summed E-state index contributed by atoms with van der Waals surface area (Å²) in [6.45, 7) is 3.61. The fourth-order valence-corrected chi connectivity index (χ4v) is 5.62. The summed E-state index contributed by atoms with van der Waals surface area (Å²) in [5, 5.41) is 17.6. The third-order valence-electron chi connectivity index (χ3n) is 7.61. The highest BCUT2D eigenvalue weighted by molar-refractivity contribution is 5.70. The van der Waals surface area contributed by atoms with Gasteiger partial charge in [0.05, 0.1) is 18.9 Å². The number of hydrogen-bond donors (Lipinski definition) is 1. The van der Waals surface area contributed by atoms with Gasteiger partial charge in [-0.3, -0.25) is 0 Å². The van der Waals surface area contributed by atoms with E-state index in [9.17, 15) is 5.26 Å². The van der Waals surface area contributed by atoms with Gasteiger partial charge in [-0.05, 0) is 69.1 Å². The van der Waals surface area contributed by atoms with Gasteiger partial charge in [-0.25, -0.2) is 14.5 Å². The molecule has 1 aliphatic heterocycles. The van der Waals surface area contributed by atoms with Gasteiger partial charge in [0.25, 0.3) is 0 Å². The van der Waals surface area contributed by atoms with E-state index in [0.29, 0.717) is 23.5 Å². The maximum atomic E-state index is 9.63. The number of anilines is 1. The molecular weight excluding hydrogens is 416 g/mol. The third kappa shape index (κ3) is 3.70. The van der Waals surface area contributed by atoms with Crippen LogP contribution in [0.2, 0.25) is 0 Å². The molecule has 0 spiro atoms. The van der Waals surface area contributed by atoms with Gasteiger partial charge in [0.1, 0.15) is 22.9 Å². The zero-order valence-corrected chi connectivity index (χ0v) is 18.8. The van der Waals surface area contributed by atoms with E-state index in [4.69, 9.17) is 9.47 Å². The number of nitrogens with one attached hydrogen (secondary N) is 1. The molecule has 0 aromatic carbocycles. The van der Waals surface area contributed by atoms with Crippen molar-refractivity contribution < 1.29 is 9.47 Å². The Morgan fingerprint density at radius 3 is 2.97 bits per heavy atom. The maximum absolute atomic E-state index is 9.63. The number of ether oxygens (including phenoxy) is 2. The first-order valence-corrected chi connectivity index (χ1v) is 11.9. The molecule has 33 heavy (non-hydrogen) atoms. The van der Waals surface area contributed by atoms with Crippen molar-refractivity contribution in [3.8, 4) is 11.8 Å². The minimum Gasteiger partial charge on any atom is -0.488 e. The van der Waals surface area contributed by atoms with E-state index < -0.39 is 0 Å². The molecule has 1 saturated heterocycles. The van der Waals surface area contributed by atoms with Crippen LogP contribution in [-0.2, 0) is 10.2 Å². The Morgan fingerprint density at radius 2 is 2.18 bits per heavy atom. The molecule has 3 fully saturated rings. The second-order valence-corrected chi connectivity index (χ2v) is 9.70. The molecular formula is C25H28N6O2. The number of aromatic nitrogens is 4. The van der Waals surface area contributed by atoms with Crippen LogP contribution < -0.4 is 10.1 Å². The lowest BCUT2D eigenvalue weighted by Gasteiger charge is -2.30. The average Bonchev–Trinajstić information content (AvgIpc) is 3.44. The van der Waals surface area contributed by atoms with Gasteiger partial charge in [0, 0.05) is 36.2 Å². The number of hydrogen-bond acceptors (Lipinski definition) is 7. The molecule has 8 heteroatoms. The highest BCUT2D eigenvalue weighted by atomic mass is 16.5. The average molecular weight is 445 g/mol. The van der Waals surface area contributed by atoms with Crippen molar-refractivity contribution >= 4 is 11.5 Å². The number of fused-ring (bicyclic) bond motifs is 2. The Hall–Kier alpha value is -3.18. The van der Waals surface area contributed by atoms with Gasteiger partial charge in [-0.2, -0.15) is 10.4 Å². The predicted molar refractivity (Wildman–Crippen MR) is 122 cm³/mol. The molecule has 4 heterocycles. The Bertz CT molecular complexity index is 1230. The van der Waals surface area contributed by atoms with Crippen LogP contribution in [0, 0.1) is 24.2 Å². The fraction of sp³-hybridized carbons (Fsp3) is 0.520. The molecule has 2 aliphatic carbocycles. The van der Waals surface area contributed by atoms with Crippen molar-refractivity contribution in [2.75, 3.05) is 18.5 Å². The Balaban J connectivity index is 1.21. The SMILES string of the molecule is Cc1ccnc(NC2CCC(Oc3cc(C45CCOCC4C5)cn4ncc(C#N)c34)CC2)n1. The Kier molecular flexibility index (Phi) is 4.95. The van der Waals surface area contributed by atoms with E-state index >= 15 is 0 Å². The lowest BCUT2D eigenvalue weighted by Crippen LogP contribution is -2.32. The lowest BCUT2D eigenvalue weighted by atomic mass is 9.90. The molecule has 2 atom stereocenters. The quantitative estimate of drug-likeness (QED) is 0.639. The predicted octanol–water partition coefficient (Wildman–Crippen LogP) is 3.78. The molecule has 6 rings (SSSR count). The van der Waals surface area contributed by atoms with Gasteiger partial charge in [0.15, 0.2) is 0 Å². The normalized spacial score (nSPS) is 28.7. The lowest BCUT2D eigenvalue weighted by molar-refractivity contribution is 0.0800. The van der Waals surface area contributed by atoms with Crippen LogP contribution in [0.3, 0.4) is 0 Å². The topological polar surface area (TPSA) is 97.4 Å². The molecule has 0 radical (unpaired) electrons. The molecule has 3 aliphatic rings. The zero-order chi connectivity index (χ0) is 22.4. The van der Waals surface area contributed by atoms with Gasteiger partial charge >= 0.3 is 0 Å². The minimum atomic E-state index is 0.115. The highest BCUT2D eigenvalue weighted by Gasteiger charge is 2.57. The zero-order valence-electron chi connectivity index (χ0n) is 18.8. The summed E-state index contributed by atoms with van der Waals surface area (Å²) in [7, 11) is 0. The molecule has 8 nitrogen and oxygen atoms in total. The smallest absolute Gasteiger partial charge is 0.223 e. The van der Waals surface area contributed by atoms with Crippen molar-refractivity contribution in [3.63, 3.8) is 0 Å². The van der Waals surface area contributed by atoms with E-state index in [1.54, 1.807) is 12.4 Å². The van der Waals surface area contributed by atoms with Crippen LogP contribution in [0.5, 0.6) is 5.75 Å². The second kappa shape index (κ2) is 7.99.